The summed E-state index contributed by atoms with van der Waals surface area (Å²) >= 11 is 0. The van der Waals surface area contributed by atoms with Crippen LogP contribution in [0.1, 0.15) is 127 Å². The van der Waals surface area contributed by atoms with Gasteiger partial charge in [0.15, 0.2) is 0 Å². The summed E-state index contributed by atoms with van der Waals surface area (Å²) in [6.07, 6.45) is 5.36. The van der Waals surface area contributed by atoms with Crippen LogP contribution in [-0.2, 0) is 43.2 Å². The second-order valence-electron chi connectivity index (χ2n) is 13.6. The largest absolute Gasteiger partial charge is 0.466 e. The topological polar surface area (TPSA) is 162 Å². The van der Waals surface area contributed by atoms with E-state index in [1.165, 1.54) is 24.8 Å². The summed E-state index contributed by atoms with van der Waals surface area (Å²) in [7, 11) is 0. The number of carbonyl (C=O) groups excluding carboxylic acids is 2. The Morgan fingerprint density at radius 3 is 1.34 bits per heavy atom. The molecule has 0 saturated carbocycles. The van der Waals surface area contributed by atoms with Crippen LogP contribution in [0.2, 0.25) is 0 Å². The molecule has 2 heterocycles. The van der Waals surface area contributed by atoms with Gasteiger partial charge in [-0.05, 0) is 94.3 Å². The molecule has 0 aliphatic carbocycles. The van der Waals surface area contributed by atoms with Gasteiger partial charge < -0.3 is 19.3 Å². The van der Waals surface area contributed by atoms with E-state index in [-0.39, 0.29) is 127 Å². The molecule has 0 spiro atoms. The lowest BCUT2D eigenvalue weighted by molar-refractivity contribution is -0.144. The maximum Gasteiger partial charge on any atom is 0.350 e. The number of aromatic nitrogens is 6. The molecule has 5 rings (SSSR count). The second-order valence-corrected chi connectivity index (χ2v) is 13.6. The number of carbonyl (C=O) groups is 2. The molecule has 18 heteroatoms. The van der Waals surface area contributed by atoms with Crippen molar-refractivity contribution in [2.24, 2.45) is 0 Å². The minimum atomic E-state index is -0.656. The number of aliphatic hydroxyl groups excluding tert-OH is 1. The van der Waals surface area contributed by atoms with Gasteiger partial charge in [-0.3, -0.25) is 9.59 Å². The summed E-state index contributed by atoms with van der Waals surface area (Å²) in [6.45, 7) is 12.4. The summed E-state index contributed by atoms with van der Waals surface area (Å²) in [4.78, 5) is 48.5. The maximum atomic E-state index is 13.1. The van der Waals surface area contributed by atoms with Gasteiger partial charge in [-0.2, -0.15) is 64.2 Å². The summed E-state index contributed by atoms with van der Waals surface area (Å²) in [5.41, 5.74) is 4.03. The van der Waals surface area contributed by atoms with Crippen molar-refractivity contribution in [2.75, 3.05) is 13.2 Å². The van der Waals surface area contributed by atoms with Gasteiger partial charge in [0, 0.05) is 14.3 Å². The van der Waals surface area contributed by atoms with Crippen LogP contribution in [0.4, 0.5) is 0 Å². The molecule has 4 atom stereocenters. The van der Waals surface area contributed by atoms with Crippen LogP contribution in [0.25, 0.3) is 11.4 Å². The van der Waals surface area contributed by atoms with Crippen LogP contribution in [0, 0.1) is 0 Å². The summed E-state index contributed by atoms with van der Waals surface area (Å²) in [5, 5.41) is 18.3. The van der Waals surface area contributed by atoms with E-state index >= 15 is 0 Å². The van der Waals surface area contributed by atoms with Gasteiger partial charge in [0.05, 0.1) is 55.5 Å². The number of aliphatic hydroxyl groups is 1. The molecule has 14 nitrogen and oxygen atoms in total. The Morgan fingerprint density at radius 1 is 0.600 bits per heavy atom. The van der Waals surface area contributed by atoms with E-state index in [1.54, 1.807) is 27.1 Å². The van der Waals surface area contributed by atoms with Crippen molar-refractivity contribution in [2.45, 2.75) is 141 Å². The number of esters is 2. The van der Waals surface area contributed by atoms with Crippen molar-refractivity contribution in [3.05, 3.63) is 129 Å². The lowest BCUT2D eigenvalue weighted by atomic mass is 10.1. The molecule has 65 heavy (non-hydrogen) atoms. The molecule has 2 aromatic heterocycles. The van der Waals surface area contributed by atoms with Crippen molar-refractivity contribution >= 4 is 65.9 Å². The Morgan fingerprint density at radius 2 is 0.985 bits per heavy atom. The monoisotopic (exact) mass is 987 g/mol. The number of rotatable bonds is 19. The molecule has 372 valence electrons. The number of aryl methyl sites for hydroxylation is 2. The molecule has 0 radical (unpaired) electrons. The number of nitrogens with zero attached hydrogens (tertiary/aromatic N) is 6. The smallest absolute Gasteiger partial charge is 0.350 e. The third-order valence-corrected chi connectivity index (χ3v) is 9.58. The van der Waals surface area contributed by atoms with E-state index in [1.807, 2.05) is 99.6 Å². The van der Waals surface area contributed by atoms with Crippen molar-refractivity contribution in [3.8, 4) is 11.4 Å². The first-order valence-corrected chi connectivity index (χ1v) is 19.7. The summed E-state index contributed by atoms with van der Waals surface area (Å²) < 4.78 is 21.7. The van der Waals surface area contributed by atoms with Gasteiger partial charge in [0.2, 0.25) is 0 Å². The van der Waals surface area contributed by atoms with E-state index < -0.39 is 6.10 Å². The molecular weight excluding hydrogens is 905 g/mol. The van der Waals surface area contributed by atoms with Gasteiger partial charge in [0.25, 0.3) is 0 Å². The Kier molecular flexibility index (Phi) is 38.7. The predicted octanol–water partition coefficient (Wildman–Crippen LogP) is 9.19. The highest BCUT2D eigenvalue weighted by molar-refractivity contribution is 7.59. The zero-order valence-electron chi connectivity index (χ0n) is 35.8. The Bertz CT molecular complexity index is 2120. The average Bonchev–Trinajstić information content (AvgIpc) is 3.78. The fourth-order valence-electron chi connectivity index (χ4n) is 6.38. The lowest BCUT2D eigenvalue weighted by Gasteiger charge is -2.22. The minimum Gasteiger partial charge on any atom is -0.466 e. The van der Waals surface area contributed by atoms with E-state index in [9.17, 15) is 24.3 Å². The Labute approximate surface area is 417 Å². The molecule has 5 aromatic rings. The molecule has 0 amide bonds. The Balaban J connectivity index is -0.000000245. The van der Waals surface area contributed by atoms with Gasteiger partial charge >= 0.3 is 23.3 Å². The summed E-state index contributed by atoms with van der Waals surface area (Å²) in [5.74, 6) is -0.420. The van der Waals surface area contributed by atoms with Crippen LogP contribution < -0.4 is 11.4 Å². The second kappa shape index (κ2) is 36.0. The molecule has 0 fully saturated rings. The van der Waals surface area contributed by atoms with Crippen LogP contribution >= 0.6 is 54.0 Å². The van der Waals surface area contributed by atoms with Gasteiger partial charge in [-0.1, -0.05) is 98.2 Å². The van der Waals surface area contributed by atoms with Crippen molar-refractivity contribution in [3.63, 3.8) is 0 Å². The zero-order chi connectivity index (χ0) is 41.3. The lowest BCUT2D eigenvalue weighted by Crippen LogP contribution is -2.33. The minimum absolute atomic E-state index is 0. The normalized spacial score (nSPS) is 11.6. The van der Waals surface area contributed by atoms with E-state index in [0.29, 0.717) is 57.6 Å². The maximum absolute atomic E-state index is 13.1. The van der Waals surface area contributed by atoms with E-state index in [0.717, 1.165) is 28.8 Å². The van der Waals surface area contributed by atoms with E-state index in [2.05, 4.69) is 10.2 Å². The van der Waals surface area contributed by atoms with Gasteiger partial charge in [0.1, 0.15) is 12.7 Å². The molecular formula is C47H82N6O8S4. The Hall–Kier alpha value is -4.20. The summed E-state index contributed by atoms with van der Waals surface area (Å²) in [6, 6.07) is 24.4. The SMILES string of the molecule is C.C.C.C.CCOC(=O)CCc1ccc(-n2cnn([C@@H](CC)[C@H](C)O)c2=O)cc1.CCOC(=O)CCc1ccc(-n2cnn([C@@H](CC)[C@H](C)OCc3ccccc3)c2=O)cc1.S.S.S.S.[HH]. The molecule has 1 N–H and O–H groups in total. The van der Waals surface area contributed by atoms with Crippen LogP contribution in [0.5, 0.6) is 0 Å². The molecule has 0 aliphatic rings. The molecule has 0 saturated heterocycles. The highest BCUT2D eigenvalue weighted by Crippen LogP contribution is 2.19. The van der Waals surface area contributed by atoms with Crippen molar-refractivity contribution in [1.82, 2.24) is 28.7 Å². The fraction of sp³-hybridized carbons (Fsp3) is 0.489. The van der Waals surface area contributed by atoms with E-state index in [4.69, 9.17) is 14.2 Å². The first-order chi connectivity index (χ1) is 27.5. The van der Waals surface area contributed by atoms with Gasteiger partial charge in [-0.25, -0.2) is 28.1 Å². The van der Waals surface area contributed by atoms with Crippen LogP contribution in [0.3, 0.4) is 0 Å². The average molecular weight is 987 g/mol. The number of hydrogen-bond donors (Lipinski definition) is 1. The number of benzene rings is 3. The van der Waals surface area contributed by atoms with Crippen LogP contribution in [0.15, 0.2) is 101 Å². The highest BCUT2D eigenvalue weighted by Gasteiger charge is 2.23. The zero-order valence-corrected chi connectivity index (χ0v) is 39.8. The molecule has 0 unspecified atom stereocenters. The molecule has 3 aromatic carbocycles. The number of ether oxygens (including phenoxy) is 3. The van der Waals surface area contributed by atoms with Crippen LogP contribution in [-0.4, -0.2) is 71.2 Å². The third-order valence-electron chi connectivity index (χ3n) is 9.58. The molecule has 0 aliphatic heterocycles. The fourth-order valence-corrected chi connectivity index (χ4v) is 6.38. The van der Waals surface area contributed by atoms with Crippen molar-refractivity contribution in [1.29, 1.82) is 0 Å². The molecule has 0 bridgehead atoms. The standard InChI is InChI=1S/C25H31N3O4.C18H25N3O4.4CH4.4H2S.H2/c1-4-23(19(3)32-17-21-9-7-6-8-10-21)28-25(30)27(18-26-28)22-14-11-20(12-15-22)13-16-24(29)31-5-2;1-4-16(13(3)22)21-18(24)20(12-19-21)15-9-6-14(7-10-15)8-11-17(23)25-5-2;;;;;;;;;/h6-12,14-15,18-19,23H,4-5,13,16-17H2,1-3H3;6-7,9-10,12-13,16,22H,4-5,8,11H2,1-3H3;4*1H4;4*1H2;1H/t19-,23-;13-,16-;;;;;;;;;/m00........./s1. The quantitative estimate of drug-likeness (QED) is 0.0790. The number of hydrogen-bond acceptors (Lipinski definition) is 10. The highest BCUT2D eigenvalue weighted by atomic mass is 32.1. The van der Waals surface area contributed by atoms with Crippen molar-refractivity contribution < 1.29 is 30.3 Å². The van der Waals surface area contributed by atoms with Gasteiger partial charge in [-0.15, -0.1) is 0 Å². The first kappa shape index (κ1) is 69.8. The predicted molar refractivity (Wildman–Crippen MR) is 287 cm³/mol. The third kappa shape index (κ3) is 20.5. The first-order valence-electron chi connectivity index (χ1n) is 19.7.